The zero-order valence-electron chi connectivity index (χ0n) is 29.0. The quantitative estimate of drug-likeness (QED) is 0.138. The summed E-state index contributed by atoms with van der Waals surface area (Å²) < 4.78 is 91.3. The Morgan fingerprint density at radius 3 is 2.17 bits per heavy atom. The number of para-hydroxylation sites is 1. The van der Waals surface area contributed by atoms with E-state index in [1.54, 1.807) is 62.7 Å². The number of carbonyl (C=O) groups is 3. The number of benzene rings is 3. The fraction of sp³-hybridized carbons (Fsp3) is 0.314. The molecule has 1 aromatic heterocycles. The molecule has 18 heteroatoms. The third-order valence-corrected chi connectivity index (χ3v) is 8.99. The van der Waals surface area contributed by atoms with Gasteiger partial charge < -0.3 is 4.74 Å². The number of fused-ring (bicyclic) bond motifs is 1. The van der Waals surface area contributed by atoms with E-state index in [1.807, 2.05) is 0 Å². The van der Waals surface area contributed by atoms with Crippen LogP contribution in [0.5, 0.6) is 0 Å². The summed E-state index contributed by atoms with van der Waals surface area (Å²) in [5.41, 5.74) is -1.01. The van der Waals surface area contributed by atoms with Gasteiger partial charge in [-0.2, -0.15) is 58.4 Å². The minimum atomic E-state index is -4.71. The lowest BCUT2D eigenvalue weighted by atomic mass is 9.74. The molecule has 0 fully saturated rings. The first kappa shape index (κ1) is 43.0. The maximum atomic E-state index is 14.4. The summed E-state index contributed by atoms with van der Waals surface area (Å²) in [6, 6.07) is 17.7. The maximum Gasteiger partial charge on any atom is 0.422 e. The van der Waals surface area contributed by atoms with Crippen LogP contribution in [0.25, 0.3) is 5.69 Å². The van der Waals surface area contributed by atoms with Crippen LogP contribution >= 0.6 is 27.0 Å². The summed E-state index contributed by atoms with van der Waals surface area (Å²) in [5.74, 6) is -3.90. The van der Waals surface area contributed by atoms with Crippen LogP contribution in [0.2, 0.25) is 0 Å². The van der Waals surface area contributed by atoms with Gasteiger partial charge in [-0.05, 0) is 69.7 Å². The number of nitrogens with one attached hydrogen (secondary N) is 2. The van der Waals surface area contributed by atoms with Crippen LogP contribution in [0.1, 0.15) is 72.8 Å². The van der Waals surface area contributed by atoms with E-state index in [2.05, 4.69) is 4.72 Å². The third-order valence-electron chi connectivity index (χ3n) is 8.03. The molecule has 2 heterocycles. The van der Waals surface area contributed by atoms with Gasteiger partial charge in [-0.25, -0.2) is 18.6 Å². The average molecular weight is 798 g/mol. The number of nitrogens with zero attached hydrogens (tertiary/aromatic N) is 3. The minimum absolute atomic E-state index is 0. The summed E-state index contributed by atoms with van der Waals surface area (Å²) in [6.45, 7) is 5.90. The van der Waals surface area contributed by atoms with Crippen LogP contribution in [0, 0.1) is 11.7 Å². The van der Waals surface area contributed by atoms with Crippen molar-refractivity contribution in [2.75, 3.05) is 11.4 Å². The number of ether oxygens (including phenoxy) is 1. The first-order valence-electron chi connectivity index (χ1n) is 15.8. The van der Waals surface area contributed by atoms with Gasteiger partial charge >= 0.3 is 22.5 Å². The van der Waals surface area contributed by atoms with Crippen LogP contribution in [-0.4, -0.2) is 48.1 Å². The molecule has 2 amide bonds. The molecule has 0 saturated carbocycles. The van der Waals surface area contributed by atoms with Gasteiger partial charge in [-0.3, -0.25) is 14.5 Å². The summed E-state index contributed by atoms with van der Waals surface area (Å²) in [6.07, 6.45) is -6.49. The smallest absolute Gasteiger partial charge is 0.422 e. The van der Waals surface area contributed by atoms with Crippen LogP contribution < -0.4 is 14.3 Å². The Hall–Kier alpha value is -4.39. The Balaban J connectivity index is 0.00000378. The largest absolute Gasteiger partial charge is 0.443 e. The van der Waals surface area contributed by atoms with E-state index >= 15 is 0 Å². The first-order valence-corrected chi connectivity index (χ1v) is 17.3. The molecule has 53 heavy (non-hydrogen) atoms. The number of rotatable bonds is 10. The molecule has 0 aliphatic carbocycles. The Bertz CT molecular complexity index is 2050. The summed E-state index contributed by atoms with van der Waals surface area (Å²) in [7, 11) is -4.54. The number of aromatic nitrogens is 2. The van der Waals surface area contributed by atoms with E-state index in [0.29, 0.717) is 16.8 Å². The summed E-state index contributed by atoms with van der Waals surface area (Å²) in [4.78, 5) is 41.8. The van der Waals surface area contributed by atoms with Gasteiger partial charge in [-0.15, -0.1) is 0 Å². The number of Topliss-reactive ketones (excluding diaryl/α,β-unsaturated/α-hetero) is 1. The highest BCUT2D eigenvalue weighted by molar-refractivity contribution is 7.88. The molecule has 11 nitrogen and oxygen atoms in total. The van der Waals surface area contributed by atoms with Crippen LogP contribution in [0.4, 0.5) is 28.2 Å². The monoisotopic (exact) mass is 797 g/mol. The molecule has 2 N–H and O–H groups in total. The van der Waals surface area contributed by atoms with E-state index in [1.165, 1.54) is 27.8 Å². The molecule has 1 aliphatic heterocycles. The van der Waals surface area contributed by atoms with Crippen molar-refractivity contribution in [3.05, 3.63) is 113 Å². The third kappa shape index (κ3) is 9.98. The van der Waals surface area contributed by atoms with Gasteiger partial charge in [0.2, 0.25) is 5.91 Å². The van der Waals surface area contributed by atoms with Crippen LogP contribution in [0.15, 0.2) is 78.9 Å². The van der Waals surface area contributed by atoms with Gasteiger partial charge in [-0.1, -0.05) is 42.5 Å². The van der Waals surface area contributed by atoms with Crippen LogP contribution in [-0.2, 0) is 32.5 Å². The highest BCUT2D eigenvalue weighted by atomic mass is 32.2. The number of amides is 2. The standard InChI is InChI=1S/C35H35F4N5O6S.2H2S/c1-5-43-31-30(27(41-44(31)25-12-7-6-8-13-25)20-40-51(48,49)42-33(47)50-34(2,3)4)29(21-14-16-24(36)17-15-21)26(32(43)46)19-28(45)22-10-9-11-23(18-22)35(37,38)39;;/h6-18,26,29,40H,5,19-20H2,1-4H3,(H,42,47);2*1H2/t26-,29+;;/m0../s1. The summed E-state index contributed by atoms with van der Waals surface area (Å²) >= 11 is 0. The SMILES string of the molecule is CCN1C(=O)[C@@H](CC(=O)c2cccc(C(F)(F)F)c2)[C@@H](c2ccc(F)cc2)c2c(CNS(=O)(=O)NC(=O)OC(C)(C)C)nn(-c3ccccc3)c21.S.S. The fourth-order valence-corrected chi connectivity index (χ4v) is 6.61. The Labute approximate surface area is 318 Å². The molecule has 2 atom stereocenters. The molecule has 0 spiro atoms. The molecule has 286 valence electrons. The molecule has 5 rings (SSSR count). The Kier molecular flexibility index (Phi) is 13.6. The van der Waals surface area contributed by atoms with Crippen molar-refractivity contribution in [1.82, 2.24) is 19.2 Å². The fourth-order valence-electron chi connectivity index (χ4n) is 5.95. The molecule has 0 unspecified atom stereocenters. The number of halogens is 4. The number of anilines is 1. The molecule has 4 aromatic rings. The predicted octanol–water partition coefficient (Wildman–Crippen LogP) is 6.50. The normalized spacial score (nSPS) is 15.8. The van der Waals surface area contributed by atoms with Crippen molar-refractivity contribution >= 4 is 60.8 Å². The molecular weight excluding hydrogens is 759 g/mol. The number of ketones is 1. The van der Waals surface area contributed by atoms with E-state index in [9.17, 15) is 40.4 Å². The molecule has 0 saturated heterocycles. The van der Waals surface area contributed by atoms with E-state index < -0.39 is 76.0 Å². The molecular formula is C35H39F4N5O6S3. The van der Waals surface area contributed by atoms with E-state index in [-0.39, 0.29) is 50.6 Å². The maximum absolute atomic E-state index is 14.4. The predicted molar refractivity (Wildman–Crippen MR) is 200 cm³/mol. The number of carbonyl (C=O) groups excluding carboxylic acids is 3. The van der Waals surface area contributed by atoms with Gasteiger partial charge in [0.1, 0.15) is 17.2 Å². The van der Waals surface area contributed by atoms with Gasteiger partial charge in [0, 0.05) is 30.0 Å². The molecule has 1 aliphatic rings. The second kappa shape index (κ2) is 16.7. The van der Waals surface area contributed by atoms with Crippen LogP contribution in [0.3, 0.4) is 0 Å². The highest BCUT2D eigenvalue weighted by Gasteiger charge is 2.46. The van der Waals surface area contributed by atoms with Gasteiger partial charge in [0.25, 0.3) is 0 Å². The molecule has 3 aromatic carbocycles. The Morgan fingerprint density at radius 2 is 1.58 bits per heavy atom. The number of hydrogen-bond donors (Lipinski definition) is 2. The van der Waals surface area contributed by atoms with Crippen molar-refractivity contribution in [3.63, 3.8) is 0 Å². The van der Waals surface area contributed by atoms with Gasteiger partial charge in [0.05, 0.1) is 29.4 Å². The molecule has 0 radical (unpaired) electrons. The number of hydrogen-bond acceptors (Lipinski definition) is 7. The molecule has 0 bridgehead atoms. The zero-order chi connectivity index (χ0) is 37.3. The van der Waals surface area contributed by atoms with Crippen molar-refractivity contribution in [3.8, 4) is 5.69 Å². The Morgan fingerprint density at radius 1 is 0.943 bits per heavy atom. The van der Waals surface area contributed by atoms with Crippen molar-refractivity contribution in [2.24, 2.45) is 5.92 Å². The number of alkyl halides is 3. The second-order valence-corrected chi connectivity index (χ2v) is 14.3. The first-order chi connectivity index (χ1) is 23.9. The zero-order valence-corrected chi connectivity index (χ0v) is 31.8. The van der Waals surface area contributed by atoms with E-state index in [4.69, 9.17) is 9.84 Å². The van der Waals surface area contributed by atoms with Crippen molar-refractivity contribution in [2.45, 2.75) is 58.4 Å². The second-order valence-electron chi connectivity index (χ2n) is 12.8. The van der Waals surface area contributed by atoms with Crippen molar-refractivity contribution < 1.29 is 45.1 Å². The summed E-state index contributed by atoms with van der Waals surface area (Å²) in [5, 5.41) is 4.71. The highest BCUT2D eigenvalue weighted by Crippen LogP contribution is 2.47. The minimum Gasteiger partial charge on any atom is -0.443 e. The average Bonchev–Trinajstić information content (AvgIpc) is 3.42. The lowest BCUT2D eigenvalue weighted by molar-refractivity contribution is -0.137. The lowest BCUT2D eigenvalue weighted by Gasteiger charge is -2.38. The van der Waals surface area contributed by atoms with Gasteiger partial charge in [0.15, 0.2) is 5.78 Å². The topological polar surface area (TPSA) is 140 Å². The van der Waals surface area contributed by atoms with E-state index in [0.717, 1.165) is 30.3 Å². The van der Waals surface area contributed by atoms with Crippen molar-refractivity contribution in [1.29, 1.82) is 0 Å². The lowest BCUT2D eigenvalue weighted by Crippen LogP contribution is -2.45.